The van der Waals surface area contributed by atoms with Crippen LogP contribution in [-0.4, -0.2) is 62.9 Å². The molecule has 0 amide bonds. The number of carbonyl (C=O) groups is 1. The summed E-state index contributed by atoms with van der Waals surface area (Å²) < 4.78 is 16.9. The van der Waals surface area contributed by atoms with Crippen LogP contribution in [0.3, 0.4) is 0 Å². The molecule has 0 atom stereocenters. The molecule has 2 aromatic rings. The van der Waals surface area contributed by atoms with Crippen LogP contribution in [0.2, 0.25) is 10.0 Å². The molecule has 1 saturated heterocycles. The smallest absolute Gasteiger partial charge is 0.311 e. The largest absolute Gasteiger partial charge is 0.494 e. The Bertz CT molecular complexity index is 1150. The van der Waals surface area contributed by atoms with Crippen molar-refractivity contribution in [3.05, 3.63) is 52.0 Å². The van der Waals surface area contributed by atoms with Crippen molar-refractivity contribution in [2.45, 2.75) is 44.9 Å². The zero-order valence-corrected chi connectivity index (χ0v) is 23.2. The number of fused-ring (bicyclic) bond motifs is 1. The Balaban J connectivity index is 0.998. The number of esters is 1. The lowest BCUT2D eigenvalue weighted by Gasteiger charge is -2.36. The van der Waals surface area contributed by atoms with Crippen LogP contribution in [0.25, 0.3) is 0 Å². The number of aryl methyl sites for hydroxylation is 1. The molecule has 38 heavy (non-hydrogen) atoms. The molecule has 0 unspecified atom stereocenters. The highest BCUT2D eigenvalue weighted by atomic mass is 35.5. The van der Waals surface area contributed by atoms with Gasteiger partial charge in [0.15, 0.2) is 5.90 Å². The molecule has 9 heteroatoms. The molecule has 0 bridgehead atoms. The van der Waals surface area contributed by atoms with E-state index in [-0.39, 0.29) is 18.7 Å². The molecule has 0 aromatic heterocycles. The SMILES string of the molecule is O=C(OCOC1=Nc2cc(OCCCCN3CCN(c4cccc(Cl)c4Cl)CC3)ccc2CC1)C1CCC1. The van der Waals surface area contributed by atoms with E-state index in [2.05, 4.69) is 20.9 Å². The molecule has 1 aliphatic carbocycles. The molecule has 204 valence electrons. The van der Waals surface area contributed by atoms with E-state index in [0.29, 0.717) is 29.0 Å². The summed E-state index contributed by atoms with van der Waals surface area (Å²) in [7, 11) is 0. The second kappa shape index (κ2) is 13.0. The molecule has 0 spiro atoms. The zero-order chi connectivity index (χ0) is 26.3. The summed E-state index contributed by atoms with van der Waals surface area (Å²) >= 11 is 12.6. The fraction of sp³-hybridized carbons (Fsp3) is 0.517. The van der Waals surface area contributed by atoms with Gasteiger partial charge in [0, 0.05) is 38.7 Å². The first kappa shape index (κ1) is 27.1. The molecular formula is C29H35Cl2N3O4. The van der Waals surface area contributed by atoms with E-state index in [1.165, 1.54) is 5.56 Å². The number of unbranched alkanes of at least 4 members (excludes halogenated alkanes) is 1. The molecule has 2 heterocycles. The van der Waals surface area contributed by atoms with Gasteiger partial charge in [-0.1, -0.05) is 41.8 Å². The molecule has 1 saturated carbocycles. The van der Waals surface area contributed by atoms with E-state index in [1.807, 2.05) is 30.3 Å². The van der Waals surface area contributed by atoms with Crippen LogP contribution in [0.4, 0.5) is 11.4 Å². The van der Waals surface area contributed by atoms with Gasteiger partial charge >= 0.3 is 5.97 Å². The summed E-state index contributed by atoms with van der Waals surface area (Å²) in [4.78, 5) is 21.3. The molecule has 2 aromatic carbocycles. The third-order valence-electron chi connectivity index (χ3n) is 7.56. The highest BCUT2D eigenvalue weighted by Crippen LogP contribution is 2.33. The fourth-order valence-corrected chi connectivity index (χ4v) is 5.39. The molecular weight excluding hydrogens is 525 g/mol. The van der Waals surface area contributed by atoms with Gasteiger partial charge in [-0.05, 0) is 62.4 Å². The summed E-state index contributed by atoms with van der Waals surface area (Å²) in [6.45, 7) is 5.57. The lowest BCUT2D eigenvalue weighted by molar-refractivity contribution is -0.158. The summed E-state index contributed by atoms with van der Waals surface area (Å²) in [6.07, 6.45) is 6.57. The second-order valence-corrected chi connectivity index (χ2v) is 10.9. The quantitative estimate of drug-likeness (QED) is 0.194. The zero-order valence-electron chi connectivity index (χ0n) is 21.7. The third-order valence-corrected chi connectivity index (χ3v) is 8.37. The third kappa shape index (κ3) is 6.93. The number of piperazine rings is 1. The molecule has 7 nitrogen and oxygen atoms in total. The summed E-state index contributed by atoms with van der Waals surface area (Å²) in [6, 6.07) is 11.9. The number of benzene rings is 2. The van der Waals surface area contributed by atoms with E-state index >= 15 is 0 Å². The van der Waals surface area contributed by atoms with Gasteiger partial charge in [-0.2, -0.15) is 0 Å². The molecule has 2 aliphatic heterocycles. The Kier molecular flexibility index (Phi) is 9.31. The Labute approximate surface area is 234 Å². The Morgan fingerprint density at radius 1 is 1.00 bits per heavy atom. The number of halogens is 2. The van der Waals surface area contributed by atoms with Crippen molar-refractivity contribution in [3.63, 3.8) is 0 Å². The number of hydrogen-bond donors (Lipinski definition) is 0. The maximum Gasteiger partial charge on any atom is 0.311 e. The number of ether oxygens (including phenoxy) is 3. The van der Waals surface area contributed by atoms with Crippen molar-refractivity contribution in [2.24, 2.45) is 10.9 Å². The second-order valence-electron chi connectivity index (χ2n) is 10.1. The Morgan fingerprint density at radius 3 is 2.63 bits per heavy atom. The maximum absolute atomic E-state index is 11.9. The average molecular weight is 561 g/mol. The van der Waals surface area contributed by atoms with E-state index in [9.17, 15) is 4.79 Å². The monoisotopic (exact) mass is 559 g/mol. The van der Waals surface area contributed by atoms with Crippen LogP contribution < -0.4 is 9.64 Å². The van der Waals surface area contributed by atoms with E-state index in [4.69, 9.17) is 37.4 Å². The van der Waals surface area contributed by atoms with Crippen LogP contribution in [0.15, 0.2) is 41.4 Å². The first-order valence-electron chi connectivity index (χ1n) is 13.6. The Morgan fingerprint density at radius 2 is 1.84 bits per heavy atom. The topological polar surface area (TPSA) is 63.6 Å². The average Bonchev–Trinajstić information content (AvgIpc) is 2.89. The van der Waals surface area contributed by atoms with E-state index < -0.39 is 0 Å². The van der Waals surface area contributed by atoms with Crippen molar-refractivity contribution in [2.75, 3.05) is 51.0 Å². The van der Waals surface area contributed by atoms with Gasteiger partial charge in [0.25, 0.3) is 0 Å². The van der Waals surface area contributed by atoms with Crippen molar-refractivity contribution in [1.82, 2.24) is 4.90 Å². The lowest BCUT2D eigenvalue weighted by atomic mass is 9.86. The van der Waals surface area contributed by atoms with Gasteiger partial charge in [-0.3, -0.25) is 9.69 Å². The van der Waals surface area contributed by atoms with Gasteiger partial charge in [0.1, 0.15) is 5.75 Å². The number of anilines is 1. The minimum absolute atomic E-state index is 0.0527. The lowest BCUT2D eigenvalue weighted by Crippen LogP contribution is -2.46. The maximum atomic E-state index is 11.9. The van der Waals surface area contributed by atoms with Gasteiger partial charge in [-0.15, -0.1) is 0 Å². The summed E-state index contributed by atoms with van der Waals surface area (Å²) in [5.74, 6) is 1.32. The molecule has 0 N–H and O–H groups in total. The highest BCUT2D eigenvalue weighted by Gasteiger charge is 2.27. The first-order valence-corrected chi connectivity index (χ1v) is 14.4. The van der Waals surface area contributed by atoms with Gasteiger partial charge in [0.05, 0.1) is 33.9 Å². The number of aliphatic imine (C=N–C) groups is 1. The van der Waals surface area contributed by atoms with E-state index in [0.717, 1.165) is 88.4 Å². The molecule has 3 aliphatic rings. The van der Waals surface area contributed by atoms with Gasteiger partial charge in [0.2, 0.25) is 6.79 Å². The normalized spacial score (nSPS) is 17.8. The number of carbonyl (C=O) groups excluding carboxylic acids is 1. The molecule has 5 rings (SSSR count). The number of nitrogens with zero attached hydrogens (tertiary/aromatic N) is 3. The standard InChI is InChI=1S/C29H35Cl2N3O4/c30-24-7-4-8-26(28(24)31)34-16-14-33(15-17-34)13-1-2-18-36-23-11-9-21-10-12-27(32-25(21)19-23)37-20-38-29(35)22-5-3-6-22/h4,7-9,11,19,22H,1-3,5-6,10,12-18,20H2. The number of hydrogen-bond acceptors (Lipinski definition) is 7. The van der Waals surface area contributed by atoms with Crippen LogP contribution in [0.5, 0.6) is 5.75 Å². The van der Waals surface area contributed by atoms with Crippen molar-refractivity contribution >= 4 is 46.4 Å². The van der Waals surface area contributed by atoms with Crippen LogP contribution in [-0.2, 0) is 20.7 Å². The number of rotatable bonds is 10. The highest BCUT2D eigenvalue weighted by molar-refractivity contribution is 6.43. The van der Waals surface area contributed by atoms with Gasteiger partial charge in [-0.25, -0.2) is 4.99 Å². The molecule has 0 radical (unpaired) electrons. The van der Waals surface area contributed by atoms with E-state index in [1.54, 1.807) is 0 Å². The van der Waals surface area contributed by atoms with Crippen LogP contribution in [0.1, 0.15) is 44.1 Å². The van der Waals surface area contributed by atoms with Crippen LogP contribution in [0, 0.1) is 5.92 Å². The van der Waals surface area contributed by atoms with Crippen molar-refractivity contribution in [1.29, 1.82) is 0 Å². The van der Waals surface area contributed by atoms with Gasteiger partial charge < -0.3 is 19.1 Å². The summed E-state index contributed by atoms with van der Waals surface area (Å²) in [5.41, 5.74) is 3.06. The predicted molar refractivity (Wildman–Crippen MR) is 151 cm³/mol. The minimum Gasteiger partial charge on any atom is -0.494 e. The first-order chi connectivity index (χ1) is 18.6. The van der Waals surface area contributed by atoms with Crippen molar-refractivity contribution < 1.29 is 19.0 Å². The predicted octanol–water partition coefficient (Wildman–Crippen LogP) is 6.27. The minimum atomic E-state index is -0.159. The van der Waals surface area contributed by atoms with Crippen LogP contribution >= 0.6 is 23.2 Å². The Hall–Kier alpha value is -2.48. The summed E-state index contributed by atoms with van der Waals surface area (Å²) in [5, 5.41) is 1.24. The fourth-order valence-electron chi connectivity index (χ4n) is 4.98. The molecule has 2 fully saturated rings. The van der Waals surface area contributed by atoms with Crippen molar-refractivity contribution in [3.8, 4) is 5.75 Å².